The molecule has 114 valence electrons. The molecule has 0 fully saturated rings. The number of hydrogen-bond donors (Lipinski definition) is 1. The molecule has 0 spiro atoms. The van der Waals surface area contributed by atoms with Crippen LogP contribution in [0.5, 0.6) is 11.6 Å². The molecule has 1 aromatic carbocycles. The minimum absolute atomic E-state index is 0.627. The highest BCUT2D eigenvalue weighted by atomic mass is 79.9. The molecule has 0 aliphatic heterocycles. The molecule has 0 bridgehead atoms. The van der Waals surface area contributed by atoms with E-state index in [0.717, 1.165) is 38.6 Å². The van der Waals surface area contributed by atoms with Crippen LogP contribution in [-0.4, -0.2) is 24.0 Å². The Morgan fingerprint density at radius 1 is 1.24 bits per heavy atom. The average Bonchev–Trinajstić information content (AvgIpc) is 2.70. The highest BCUT2D eigenvalue weighted by molar-refractivity contribution is 9.10. The van der Waals surface area contributed by atoms with Gasteiger partial charge in [0, 0.05) is 18.1 Å². The van der Waals surface area contributed by atoms with Crippen LogP contribution in [0.2, 0.25) is 0 Å². The van der Waals surface area contributed by atoms with Gasteiger partial charge >= 0.3 is 0 Å². The third-order valence-corrected chi connectivity index (χ3v) is 3.87. The maximum Gasteiger partial charge on any atom is 0.216 e. The Morgan fingerprint density at radius 2 is 1.95 bits per heavy atom. The lowest BCUT2D eigenvalue weighted by atomic mass is 10.1. The van der Waals surface area contributed by atoms with E-state index < -0.39 is 0 Å². The van der Waals surface area contributed by atoms with Gasteiger partial charge in [-0.05, 0) is 31.5 Å². The van der Waals surface area contributed by atoms with Gasteiger partial charge < -0.3 is 14.8 Å². The number of nitrogens with one attached hydrogen (secondary N) is 1. The van der Waals surface area contributed by atoms with E-state index in [9.17, 15) is 0 Å². The van der Waals surface area contributed by atoms with Crippen LogP contribution >= 0.6 is 15.9 Å². The van der Waals surface area contributed by atoms with Crippen molar-refractivity contribution in [2.75, 3.05) is 19.5 Å². The summed E-state index contributed by atoms with van der Waals surface area (Å²) in [4.78, 5) is 0. The Balaban J connectivity index is 2.29. The van der Waals surface area contributed by atoms with Gasteiger partial charge in [0.1, 0.15) is 5.75 Å². The highest BCUT2D eigenvalue weighted by Gasteiger charge is 2.15. The number of benzene rings is 1. The molecule has 1 N–H and O–H groups in total. The zero-order valence-corrected chi connectivity index (χ0v) is 14.5. The monoisotopic (exact) mass is 353 g/mol. The highest BCUT2D eigenvalue weighted by Crippen LogP contribution is 2.33. The smallest absolute Gasteiger partial charge is 0.216 e. The maximum absolute atomic E-state index is 5.44. The van der Waals surface area contributed by atoms with Gasteiger partial charge in [-0.2, -0.15) is 5.10 Å². The molecule has 1 heterocycles. The molecule has 2 aromatic rings. The molecular weight excluding hydrogens is 334 g/mol. The Labute approximate surface area is 133 Å². The number of nitrogens with zero attached hydrogens (tertiary/aromatic N) is 2. The van der Waals surface area contributed by atoms with Crippen LogP contribution in [0.3, 0.4) is 0 Å². The van der Waals surface area contributed by atoms with Crippen molar-refractivity contribution in [3.05, 3.63) is 33.4 Å². The summed E-state index contributed by atoms with van der Waals surface area (Å²) in [7, 11) is 5.20. The third kappa shape index (κ3) is 3.15. The number of rotatable bonds is 5. The molecule has 5 nitrogen and oxygen atoms in total. The number of hydrogen-bond acceptors (Lipinski definition) is 4. The summed E-state index contributed by atoms with van der Waals surface area (Å²) in [5.74, 6) is 1.58. The Kier molecular flexibility index (Phi) is 4.77. The van der Waals surface area contributed by atoms with Gasteiger partial charge in [-0.1, -0.05) is 15.9 Å². The Bertz CT molecular complexity index is 653. The summed E-state index contributed by atoms with van der Waals surface area (Å²) >= 11 is 3.48. The predicted molar refractivity (Wildman–Crippen MR) is 87.3 cm³/mol. The van der Waals surface area contributed by atoms with Crippen molar-refractivity contribution in [2.45, 2.75) is 20.4 Å². The zero-order valence-electron chi connectivity index (χ0n) is 13.0. The Hall–Kier alpha value is -1.69. The van der Waals surface area contributed by atoms with E-state index in [-0.39, 0.29) is 0 Å². The first kappa shape index (κ1) is 15.7. The number of halogens is 1. The second kappa shape index (κ2) is 6.39. The molecule has 0 saturated carbocycles. The van der Waals surface area contributed by atoms with E-state index in [1.807, 2.05) is 27.0 Å². The standard InChI is InChI=1S/C15H20BrN3O2/c1-9-6-11(16)7-13(20-4)14(9)17-8-12-10(2)18-19(3)15(12)21-5/h6-7,17H,8H2,1-5H3. The molecular formula is C15H20BrN3O2. The van der Waals surface area contributed by atoms with Gasteiger partial charge in [0.15, 0.2) is 0 Å². The number of methoxy groups -OCH3 is 2. The van der Waals surface area contributed by atoms with E-state index in [2.05, 4.69) is 32.4 Å². The first-order chi connectivity index (χ1) is 9.97. The van der Waals surface area contributed by atoms with Crippen molar-refractivity contribution >= 4 is 21.6 Å². The summed E-state index contributed by atoms with van der Waals surface area (Å²) in [6.07, 6.45) is 0. The van der Waals surface area contributed by atoms with Gasteiger partial charge in [0.25, 0.3) is 0 Å². The molecule has 0 radical (unpaired) electrons. The topological polar surface area (TPSA) is 48.3 Å². The Morgan fingerprint density at radius 3 is 2.57 bits per heavy atom. The van der Waals surface area contributed by atoms with Crippen LogP contribution < -0.4 is 14.8 Å². The predicted octanol–water partition coefficient (Wildman–Crippen LogP) is 3.43. The molecule has 0 atom stereocenters. The molecule has 6 heteroatoms. The van der Waals surface area contributed by atoms with Crippen LogP contribution in [0.1, 0.15) is 16.8 Å². The van der Waals surface area contributed by atoms with Crippen LogP contribution in [-0.2, 0) is 13.6 Å². The van der Waals surface area contributed by atoms with E-state index in [4.69, 9.17) is 9.47 Å². The molecule has 21 heavy (non-hydrogen) atoms. The van der Waals surface area contributed by atoms with Gasteiger partial charge in [-0.25, -0.2) is 4.68 Å². The quantitative estimate of drug-likeness (QED) is 0.894. The molecule has 0 saturated heterocycles. The fourth-order valence-electron chi connectivity index (χ4n) is 2.42. The molecule has 0 unspecified atom stereocenters. The summed E-state index contributed by atoms with van der Waals surface area (Å²) in [6.45, 7) is 4.65. The third-order valence-electron chi connectivity index (χ3n) is 3.41. The lowest BCUT2D eigenvalue weighted by Crippen LogP contribution is -2.05. The van der Waals surface area contributed by atoms with Gasteiger partial charge in [-0.15, -0.1) is 0 Å². The molecule has 1 aromatic heterocycles. The molecule has 0 amide bonds. The summed E-state index contributed by atoms with van der Waals surface area (Å²) in [5.41, 5.74) is 4.09. The van der Waals surface area contributed by atoms with Crippen molar-refractivity contribution in [3.8, 4) is 11.6 Å². The fraction of sp³-hybridized carbons (Fsp3) is 0.400. The van der Waals surface area contributed by atoms with Gasteiger partial charge in [-0.3, -0.25) is 0 Å². The van der Waals surface area contributed by atoms with E-state index in [1.165, 1.54) is 0 Å². The molecule has 0 aliphatic carbocycles. The minimum atomic E-state index is 0.627. The summed E-state index contributed by atoms with van der Waals surface area (Å²) < 4.78 is 13.6. The van der Waals surface area contributed by atoms with Crippen LogP contribution in [0, 0.1) is 13.8 Å². The van der Waals surface area contributed by atoms with Crippen LogP contribution in [0.15, 0.2) is 16.6 Å². The van der Waals surface area contributed by atoms with Crippen molar-refractivity contribution < 1.29 is 9.47 Å². The van der Waals surface area contributed by atoms with Crippen LogP contribution in [0.4, 0.5) is 5.69 Å². The first-order valence-electron chi connectivity index (χ1n) is 6.62. The lowest BCUT2D eigenvalue weighted by Gasteiger charge is -2.15. The normalized spacial score (nSPS) is 10.6. The number of anilines is 1. The number of aromatic nitrogens is 2. The van der Waals surface area contributed by atoms with Crippen molar-refractivity contribution in [1.82, 2.24) is 9.78 Å². The number of aryl methyl sites for hydroxylation is 3. The number of ether oxygens (including phenoxy) is 2. The zero-order chi connectivity index (χ0) is 15.6. The van der Waals surface area contributed by atoms with E-state index >= 15 is 0 Å². The lowest BCUT2D eigenvalue weighted by molar-refractivity contribution is 0.369. The average molecular weight is 354 g/mol. The molecule has 2 rings (SSSR count). The summed E-state index contributed by atoms with van der Waals surface area (Å²) in [5, 5.41) is 7.81. The SMILES string of the molecule is COc1cc(Br)cc(C)c1NCc1c(C)nn(C)c1OC. The van der Waals surface area contributed by atoms with E-state index in [1.54, 1.807) is 18.9 Å². The first-order valence-corrected chi connectivity index (χ1v) is 7.41. The van der Waals surface area contributed by atoms with Crippen molar-refractivity contribution in [1.29, 1.82) is 0 Å². The van der Waals surface area contributed by atoms with Crippen LogP contribution in [0.25, 0.3) is 0 Å². The van der Waals surface area contributed by atoms with Crippen molar-refractivity contribution in [2.24, 2.45) is 7.05 Å². The maximum atomic E-state index is 5.44. The van der Waals surface area contributed by atoms with Gasteiger partial charge in [0.05, 0.1) is 31.2 Å². The molecule has 0 aliphatic rings. The summed E-state index contributed by atoms with van der Waals surface area (Å²) in [6, 6.07) is 4.00. The van der Waals surface area contributed by atoms with Crippen molar-refractivity contribution in [3.63, 3.8) is 0 Å². The minimum Gasteiger partial charge on any atom is -0.495 e. The second-order valence-corrected chi connectivity index (χ2v) is 5.77. The van der Waals surface area contributed by atoms with E-state index in [0.29, 0.717) is 6.54 Å². The van der Waals surface area contributed by atoms with Gasteiger partial charge in [0.2, 0.25) is 5.88 Å². The largest absolute Gasteiger partial charge is 0.495 e. The second-order valence-electron chi connectivity index (χ2n) is 4.85. The fourth-order valence-corrected chi connectivity index (χ4v) is 2.97.